The molecular weight excluding hydrogens is 252 g/mol. The minimum atomic E-state index is 0.889. The maximum atomic E-state index is 3.59. The van der Waals surface area contributed by atoms with E-state index in [2.05, 4.69) is 60.1 Å². The number of hydrogen-bond donors (Lipinski definition) is 1. The lowest BCUT2D eigenvalue weighted by Gasteiger charge is -2.21. The number of nitrogens with one attached hydrogen (secondary N) is 1. The largest absolute Gasteiger partial charge is 0.372 e. The molecule has 0 amide bonds. The van der Waals surface area contributed by atoms with E-state index in [4.69, 9.17) is 0 Å². The minimum absolute atomic E-state index is 0.889. The molecule has 1 unspecified atom stereocenters. The number of nitrogens with zero attached hydrogens (tertiary/aromatic N) is 1. The summed E-state index contributed by atoms with van der Waals surface area (Å²) in [6.45, 7) is 8.74. The normalized spacial score (nSPS) is 18.7. The SMILES string of the molecule is CCN(CC)c1ccc(CNCC2CCSC2)cc1. The summed E-state index contributed by atoms with van der Waals surface area (Å²) in [6.07, 6.45) is 1.39. The first-order valence-electron chi connectivity index (χ1n) is 7.45. The molecule has 1 heterocycles. The van der Waals surface area contributed by atoms with Gasteiger partial charge in [-0.05, 0) is 61.9 Å². The van der Waals surface area contributed by atoms with Gasteiger partial charge in [0.1, 0.15) is 0 Å². The number of thioether (sulfide) groups is 1. The molecule has 1 N–H and O–H groups in total. The molecular formula is C16H26N2S. The molecule has 1 atom stereocenters. The first kappa shape index (κ1) is 14.7. The lowest BCUT2D eigenvalue weighted by Crippen LogP contribution is -2.23. The van der Waals surface area contributed by atoms with Crippen LogP contribution in [0.25, 0.3) is 0 Å². The zero-order valence-corrected chi connectivity index (χ0v) is 13.0. The highest BCUT2D eigenvalue weighted by Crippen LogP contribution is 2.22. The topological polar surface area (TPSA) is 15.3 Å². The lowest BCUT2D eigenvalue weighted by molar-refractivity contribution is 0.523. The van der Waals surface area contributed by atoms with Crippen LogP contribution in [0.2, 0.25) is 0 Å². The maximum absolute atomic E-state index is 3.59. The highest BCUT2D eigenvalue weighted by atomic mass is 32.2. The molecule has 0 bridgehead atoms. The molecule has 2 nitrogen and oxygen atoms in total. The van der Waals surface area contributed by atoms with Crippen LogP contribution in [-0.4, -0.2) is 31.1 Å². The fourth-order valence-corrected chi connectivity index (χ4v) is 3.86. The van der Waals surface area contributed by atoms with Crippen molar-refractivity contribution in [2.75, 3.05) is 36.0 Å². The van der Waals surface area contributed by atoms with E-state index in [9.17, 15) is 0 Å². The van der Waals surface area contributed by atoms with Crippen LogP contribution >= 0.6 is 11.8 Å². The van der Waals surface area contributed by atoms with Gasteiger partial charge >= 0.3 is 0 Å². The summed E-state index contributed by atoms with van der Waals surface area (Å²) >= 11 is 2.09. The van der Waals surface area contributed by atoms with Gasteiger partial charge in [-0.1, -0.05) is 12.1 Å². The third-order valence-corrected chi connectivity index (χ3v) is 5.08. The Kier molecular flexibility index (Phi) is 6.05. The van der Waals surface area contributed by atoms with Crippen molar-refractivity contribution < 1.29 is 0 Å². The van der Waals surface area contributed by atoms with Crippen molar-refractivity contribution >= 4 is 17.4 Å². The van der Waals surface area contributed by atoms with Gasteiger partial charge in [0.15, 0.2) is 0 Å². The highest BCUT2D eigenvalue weighted by Gasteiger charge is 2.14. The first-order chi connectivity index (χ1) is 9.33. The molecule has 0 aliphatic carbocycles. The fraction of sp³-hybridized carbons (Fsp3) is 0.625. The Balaban J connectivity index is 1.77. The van der Waals surface area contributed by atoms with Gasteiger partial charge < -0.3 is 10.2 Å². The van der Waals surface area contributed by atoms with E-state index < -0.39 is 0 Å². The Labute approximate surface area is 122 Å². The number of rotatable bonds is 7. The molecule has 2 rings (SSSR count). The highest BCUT2D eigenvalue weighted by molar-refractivity contribution is 7.99. The zero-order chi connectivity index (χ0) is 13.5. The van der Waals surface area contributed by atoms with Gasteiger partial charge in [0.2, 0.25) is 0 Å². The summed E-state index contributed by atoms with van der Waals surface area (Å²) in [5.74, 6) is 3.58. The van der Waals surface area contributed by atoms with E-state index in [0.29, 0.717) is 0 Å². The van der Waals surface area contributed by atoms with E-state index in [1.54, 1.807) is 0 Å². The van der Waals surface area contributed by atoms with Crippen LogP contribution in [0, 0.1) is 5.92 Å². The van der Waals surface area contributed by atoms with Gasteiger partial charge in [0.25, 0.3) is 0 Å². The van der Waals surface area contributed by atoms with Crippen molar-refractivity contribution in [1.82, 2.24) is 5.32 Å². The third-order valence-electron chi connectivity index (χ3n) is 3.85. The molecule has 19 heavy (non-hydrogen) atoms. The van der Waals surface area contributed by atoms with Crippen LogP contribution < -0.4 is 10.2 Å². The smallest absolute Gasteiger partial charge is 0.0366 e. The van der Waals surface area contributed by atoms with E-state index in [1.807, 2.05) is 0 Å². The molecule has 1 aromatic carbocycles. The molecule has 0 saturated carbocycles. The van der Waals surface area contributed by atoms with E-state index >= 15 is 0 Å². The van der Waals surface area contributed by atoms with Gasteiger partial charge in [0, 0.05) is 25.3 Å². The van der Waals surface area contributed by atoms with Crippen molar-refractivity contribution in [2.45, 2.75) is 26.8 Å². The first-order valence-corrected chi connectivity index (χ1v) is 8.61. The summed E-state index contributed by atoms with van der Waals surface area (Å²) in [5, 5.41) is 3.59. The van der Waals surface area contributed by atoms with Gasteiger partial charge in [-0.2, -0.15) is 11.8 Å². The molecule has 1 saturated heterocycles. The Morgan fingerprint density at radius 3 is 2.53 bits per heavy atom. The molecule has 0 radical (unpaired) electrons. The summed E-state index contributed by atoms with van der Waals surface area (Å²) in [4.78, 5) is 2.38. The predicted octanol–water partition coefficient (Wildman–Crippen LogP) is 3.38. The second kappa shape index (κ2) is 7.81. The van der Waals surface area contributed by atoms with Crippen LogP contribution in [-0.2, 0) is 6.54 Å². The summed E-state index contributed by atoms with van der Waals surface area (Å²) in [7, 11) is 0. The third kappa shape index (κ3) is 4.43. The van der Waals surface area contributed by atoms with Crippen LogP contribution in [0.4, 0.5) is 5.69 Å². The Hall–Kier alpha value is -0.670. The van der Waals surface area contributed by atoms with Crippen molar-refractivity contribution in [3.8, 4) is 0 Å². The predicted molar refractivity (Wildman–Crippen MR) is 87.1 cm³/mol. The summed E-state index contributed by atoms with van der Waals surface area (Å²) in [6, 6.07) is 9.00. The molecule has 0 spiro atoms. The molecule has 1 fully saturated rings. The van der Waals surface area contributed by atoms with Gasteiger partial charge in [-0.15, -0.1) is 0 Å². The van der Waals surface area contributed by atoms with Crippen molar-refractivity contribution in [3.63, 3.8) is 0 Å². The average Bonchev–Trinajstić information content (AvgIpc) is 2.95. The second-order valence-corrected chi connectivity index (χ2v) is 6.35. The van der Waals surface area contributed by atoms with Crippen molar-refractivity contribution in [1.29, 1.82) is 0 Å². The number of hydrogen-bond acceptors (Lipinski definition) is 3. The van der Waals surface area contributed by atoms with E-state index in [-0.39, 0.29) is 0 Å². The Morgan fingerprint density at radius 2 is 1.95 bits per heavy atom. The lowest BCUT2D eigenvalue weighted by atomic mass is 10.1. The minimum Gasteiger partial charge on any atom is -0.372 e. The Bertz CT molecular complexity index is 354. The van der Waals surface area contributed by atoms with Crippen LogP contribution in [0.15, 0.2) is 24.3 Å². The average molecular weight is 278 g/mol. The molecule has 3 heteroatoms. The quantitative estimate of drug-likeness (QED) is 0.823. The standard InChI is InChI=1S/C16H26N2S/c1-3-18(4-2)16-7-5-14(6-8-16)11-17-12-15-9-10-19-13-15/h5-8,15,17H,3-4,9-13H2,1-2H3. The molecule has 1 aliphatic rings. The Morgan fingerprint density at radius 1 is 1.21 bits per heavy atom. The van der Waals surface area contributed by atoms with Gasteiger partial charge in [0.05, 0.1) is 0 Å². The van der Waals surface area contributed by atoms with Crippen molar-refractivity contribution in [3.05, 3.63) is 29.8 Å². The van der Waals surface area contributed by atoms with Gasteiger partial charge in [-0.3, -0.25) is 0 Å². The van der Waals surface area contributed by atoms with Crippen molar-refractivity contribution in [2.24, 2.45) is 5.92 Å². The zero-order valence-electron chi connectivity index (χ0n) is 12.2. The fourth-order valence-electron chi connectivity index (χ4n) is 2.58. The molecule has 1 aromatic rings. The summed E-state index contributed by atoms with van der Waals surface area (Å²) in [5.41, 5.74) is 2.72. The van der Waals surface area contributed by atoms with E-state index in [1.165, 1.54) is 35.7 Å². The maximum Gasteiger partial charge on any atom is 0.0366 e. The number of benzene rings is 1. The van der Waals surface area contributed by atoms with Gasteiger partial charge in [-0.25, -0.2) is 0 Å². The van der Waals surface area contributed by atoms with Crippen LogP contribution in [0.1, 0.15) is 25.8 Å². The van der Waals surface area contributed by atoms with Crippen LogP contribution in [0.3, 0.4) is 0 Å². The number of anilines is 1. The van der Waals surface area contributed by atoms with Crippen LogP contribution in [0.5, 0.6) is 0 Å². The summed E-state index contributed by atoms with van der Waals surface area (Å²) < 4.78 is 0. The second-order valence-electron chi connectivity index (χ2n) is 5.20. The molecule has 0 aromatic heterocycles. The molecule has 1 aliphatic heterocycles. The molecule has 106 valence electrons. The van der Waals surface area contributed by atoms with E-state index in [0.717, 1.165) is 25.6 Å². The monoisotopic (exact) mass is 278 g/mol.